The van der Waals surface area contributed by atoms with Crippen molar-refractivity contribution in [1.82, 2.24) is 0 Å². The fourth-order valence-electron chi connectivity index (χ4n) is 2.79. The topological polar surface area (TPSA) is 50.4 Å². The van der Waals surface area contributed by atoms with Gasteiger partial charge in [0.05, 0.1) is 18.6 Å². The predicted molar refractivity (Wildman–Crippen MR) is 83.6 cm³/mol. The van der Waals surface area contributed by atoms with Gasteiger partial charge < -0.3 is 9.52 Å². The number of carbonyl (C=O) groups is 1. The molecule has 0 fully saturated rings. The monoisotopic (exact) mass is 288 g/mol. The Hall–Kier alpha value is -1.61. The van der Waals surface area contributed by atoms with Crippen LogP contribution in [0.15, 0.2) is 40.2 Å². The second-order valence-electron chi connectivity index (χ2n) is 7.66. The van der Waals surface area contributed by atoms with E-state index >= 15 is 0 Å². The summed E-state index contributed by atoms with van der Waals surface area (Å²) in [6.45, 7) is 12.0. The molecule has 1 heterocycles. The first-order valence-corrected chi connectivity index (χ1v) is 7.26. The SMILES string of the molecule is CC(C)(C)C1=CC(O)C(c2ccoc2)=C(C(C)(C)C)C1=O. The summed E-state index contributed by atoms with van der Waals surface area (Å²) < 4.78 is 5.13. The third-order valence-electron chi connectivity index (χ3n) is 3.75. The smallest absolute Gasteiger partial charge is 0.186 e. The van der Waals surface area contributed by atoms with E-state index in [2.05, 4.69) is 0 Å². The van der Waals surface area contributed by atoms with Gasteiger partial charge in [-0.3, -0.25) is 4.79 Å². The normalized spacial score (nSPS) is 20.8. The number of aliphatic hydroxyl groups excluding tert-OH is 1. The zero-order valence-corrected chi connectivity index (χ0v) is 13.7. The van der Waals surface area contributed by atoms with Gasteiger partial charge >= 0.3 is 0 Å². The number of allylic oxidation sites excluding steroid dienone is 2. The van der Waals surface area contributed by atoms with E-state index in [1.54, 1.807) is 24.7 Å². The van der Waals surface area contributed by atoms with Crippen LogP contribution in [0.1, 0.15) is 47.1 Å². The standard InChI is InChI=1S/C18H24O3/c1-17(2,3)12-9-13(19)14(11-7-8-21-10-11)15(16(12)20)18(4,5)6/h7-10,13,19H,1-6H3. The Morgan fingerprint density at radius 1 is 1.10 bits per heavy atom. The first kappa shape index (κ1) is 15.8. The summed E-state index contributed by atoms with van der Waals surface area (Å²) in [7, 11) is 0. The number of rotatable bonds is 1. The van der Waals surface area contributed by atoms with Crippen molar-refractivity contribution in [2.24, 2.45) is 10.8 Å². The molecule has 0 radical (unpaired) electrons. The molecule has 0 amide bonds. The van der Waals surface area contributed by atoms with Crippen LogP contribution in [-0.2, 0) is 4.79 Å². The lowest BCUT2D eigenvalue weighted by Gasteiger charge is -2.35. The van der Waals surface area contributed by atoms with Gasteiger partial charge in [0, 0.05) is 22.3 Å². The fraction of sp³-hybridized carbons (Fsp3) is 0.500. The first-order valence-electron chi connectivity index (χ1n) is 7.26. The summed E-state index contributed by atoms with van der Waals surface area (Å²) >= 11 is 0. The minimum absolute atomic E-state index is 0.0245. The van der Waals surface area contributed by atoms with Crippen molar-refractivity contribution < 1.29 is 14.3 Å². The molecule has 0 saturated heterocycles. The summed E-state index contributed by atoms with van der Waals surface area (Å²) in [5.41, 5.74) is 2.13. The van der Waals surface area contributed by atoms with E-state index in [9.17, 15) is 9.90 Å². The van der Waals surface area contributed by atoms with Crippen molar-refractivity contribution in [2.45, 2.75) is 47.6 Å². The van der Waals surface area contributed by atoms with Crippen molar-refractivity contribution in [3.63, 3.8) is 0 Å². The van der Waals surface area contributed by atoms with E-state index < -0.39 is 6.10 Å². The molecule has 0 saturated carbocycles. The van der Waals surface area contributed by atoms with Crippen LogP contribution in [-0.4, -0.2) is 17.0 Å². The molecular formula is C18H24O3. The number of Topliss-reactive ketones (excluding diaryl/α,β-unsaturated/α-hetero) is 1. The molecule has 1 aliphatic rings. The average Bonchev–Trinajstić information content (AvgIpc) is 2.81. The van der Waals surface area contributed by atoms with Gasteiger partial charge in [0.1, 0.15) is 0 Å². The van der Waals surface area contributed by atoms with Gasteiger partial charge in [-0.25, -0.2) is 0 Å². The second-order valence-corrected chi connectivity index (χ2v) is 7.66. The molecule has 3 heteroatoms. The molecule has 0 aliphatic heterocycles. The highest BCUT2D eigenvalue weighted by Gasteiger charge is 2.39. The Kier molecular flexibility index (Phi) is 3.75. The summed E-state index contributed by atoms with van der Waals surface area (Å²) in [6, 6.07) is 1.79. The Bertz CT molecular complexity index is 602. The number of aliphatic hydroxyl groups is 1. The lowest BCUT2D eigenvalue weighted by Crippen LogP contribution is -2.33. The lowest BCUT2D eigenvalue weighted by molar-refractivity contribution is -0.114. The van der Waals surface area contributed by atoms with Crippen molar-refractivity contribution >= 4 is 11.4 Å². The van der Waals surface area contributed by atoms with E-state index in [-0.39, 0.29) is 16.6 Å². The number of hydrogen-bond donors (Lipinski definition) is 1. The van der Waals surface area contributed by atoms with Crippen LogP contribution in [0.25, 0.3) is 5.57 Å². The van der Waals surface area contributed by atoms with Crippen LogP contribution in [0, 0.1) is 10.8 Å². The van der Waals surface area contributed by atoms with E-state index in [0.717, 1.165) is 5.56 Å². The minimum atomic E-state index is -0.788. The highest BCUT2D eigenvalue weighted by atomic mass is 16.3. The molecule has 1 aromatic heterocycles. The van der Waals surface area contributed by atoms with Crippen LogP contribution in [0.2, 0.25) is 0 Å². The molecule has 0 bridgehead atoms. The average molecular weight is 288 g/mol. The Morgan fingerprint density at radius 2 is 1.71 bits per heavy atom. The van der Waals surface area contributed by atoms with Gasteiger partial charge in [-0.15, -0.1) is 0 Å². The van der Waals surface area contributed by atoms with Crippen molar-refractivity contribution in [2.75, 3.05) is 0 Å². The molecule has 2 rings (SSSR count). The molecule has 1 aromatic rings. The molecule has 114 valence electrons. The summed E-state index contributed by atoms with van der Waals surface area (Å²) in [6.07, 6.45) is 4.03. The van der Waals surface area contributed by atoms with Gasteiger partial charge in [0.25, 0.3) is 0 Å². The lowest BCUT2D eigenvalue weighted by atomic mass is 9.69. The van der Waals surface area contributed by atoms with E-state index in [4.69, 9.17) is 4.42 Å². The van der Waals surface area contributed by atoms with Crippen LogP contribution in [0.3, 0.4) is 0 Å². The van der Waals surface area contributed by atoms with Crippen LogP contribution >= 0.6 is 0 Å². The van der Waals surface area contributed by atoms with Crippen LogP contribution < -0.4 is 0 Å². The highest BCUT2D eigenvalue weighted by Crippen LogP contribution is 2.43. The van der Waals surface area contributed by atoms with Crippen LogP contribution in [0.5, 0.6) is 0 Å². The van der Waals surface area contributed by atoms with E-state index in [1.165, 1.54) is 0 Å². The van der Waals surface area contributed by atoms with E-state index in [0.29, 0.717) is 16.7 Å². The Morgan fingerprint density at radius 3 is 2.14 bits per heavy atom. The van der Waals surface area contributed by atoms with Crippen molar-refractivity contribution in [3.8, 4) is 0 Å². The maximum absolute atomic E-state index is 13.0. The van der Waals surface area contributed by atoms with Gasteiger partial charge in [0.15, 0.2) is 5.78 Å². The molecule has 1 aliphatic carbocycles. The second kappa shape index (κ2) is 4.99. The number of ketones is 1. The van der Waals surface area contributed by atoms with E-state index in [1.807, 2.05) is 41.5 Å². The molecule has 1 atom stereocenters. The third-order valence-corrected chi connectivity index (χ3v) is 3.75. The molecule has 0 aromatic carbocycles. The molecule has 21 heavy (non-hydrogen) atoms. The minimum Gasteiger partial charge on any atom is -0.472 e. The predicted octanol–water partition coefficient (Wildman–Crippen LogP) is 4.00. The molecule has 0 spiro atoms. The maximum atomic E-state index is 13.0. The maximum Gasteiger partial charge on any atom is 0.186 e. The van der Waals surface area contributed by atoms with Crippen molar-refractivity contribution in [1.29, 1.82) is 0 Å². The Balaban J connectivity index is 2.68. The third kappa shape index (κ3) is 2.88. The number of furan rings is 1. The summed E-state index contributed by atoms with van der Waals surface area (Å²) in [5.74, 6) is 0.0245. The summed E-state index contributed by atoms with van der Waals surface area (Å²) in [5, 5.41) is 10.6. The molecule has 1 N–H and O–H groups in total. The molecule has 1 unspecified atom stereocenters. The van der Waals surface area contributed by atoms with Gasteiger partial charge in [-0.2, -0.15) is 0 Å². The largest absolute Gasteiger partial charge is 0.472 e. The number of hydrogen-bond acceptors (Lipinski definition) is 3. The molecular weight excluding hydrogens is 264 g/mol. The van der Waals surface area contributed by atoms with Crippen LogP contribution in [0.4, 0.5) is 0 Å². The van der Waals surface area contributed by atoms with Gasteiger partial charge in [0.2, 0.25) is 0 Å². The van der Waals surface area contributed by atoms with Gasteiger partial charge in [-0.05, 0) is 23.0 Å². The zero-order chi connectivity index (χ0) is 16.0. The zero-order valence-electron chi connectivity index (χ0n) is 13.7. The summed E-state index contributed by atoms with van der Waals surface area (Å²) in [4.78, 5) is 13.0. The van der Waals surface area contributed by atoms with Crippen molar-refractivity contribution in [3.05, 3.63) is 41.4 Å². The fourth-order valence-corrected chi connectivity index (χ4v) is 2.79. The quantitative estimate of drug-likeness (QED) is 0.850. The number of carbonyl (C=O) groups excluding carboxylic acids is 1. The molecule has 3 nitrogen and oxygen atoms in total. The highest BCUT2D eigenvalue weighted by molar-refractivity contribution is 6.16. The first-order chi connectivity index (χ1) is 9.53. The van der Waals surface area contributed by atoms with Gasteiger partial charge in [-0.1, -0.05) is 41.5 Å². The Labute approximate surface area is 126 Å².